The lowest BCUT2D eigenvalue weighted by molar-refractivity contribution is -0.118. The lowest BCUT2D eigenvalue weighted by Crippen LogP contribution is -2.20. The molecule has 0 aromatic heterocycles. The van der Waals surface area contributed by atoms with Gasteiger partial charge in [-0.3, -0.25) is 9.59 Å². The van der Waals surface area contributed by atoms with Crippen LogP contribution in [0.25, 0.3) is 0 Å². The van der Waals surface area contributed by atoms with Crippen molar-refractivity contribution >= 4 is 34.8 Å². The molecular weight excluding hydrogens is 412 g/mol. The molecule has 3 rings (SSSR count). The number of rotatable bonds is 9. The number of carbonyl (C=O) groups is 2. The van der Waals surface area contributed by atoms with Gasteiger partial charge in [0.1, 0.15) is 5.75 Å². The largest absolute Gasteiger partial charge is 0.484 e. The summed E-state index contributed by atoms with van der Waals surface area (Å²) < 4.78 is 5.49. The third kappa shape index (κ3) is 7.15. The summed E-state index contributed by atoms with van der Waals surface area (Å²) >= 11 is 5.83. The molecule has 2 N–H and O–H groups in total. The molecule has 0 unspecified atom stereocenters. The summed E-state index contributed by atoms with van der Waals surface area (Å²) in [7, 11) is 0. The monoisotopic (exact) mass is 436 g/mol. The molecule has 0 heterocycles. The highest BCUT2D eigenvalue weighted by Crippen LogP contribution is 2.17. The van der Waals surface area contributed by atoms with Gasteiger partial charge in [-0.25, -0.2) is 0 Å². The fraction of sp³-hybridized carbons (Fsp3) is 0.200. The summed E-state index contributed by atoms with van der Waals surface area (Å²) in [5, 5.41) is 6.21. The van der Waals surface area contributed by atoms with Crippen LogP contribution >= 0.6 is 11.6 Å². The van der Waals surface area contributed by atoms with Crippen LogP contribution in [0.5, 0.6) is 5.75 Å². The van der Waals surface area contributed by atoms with Crippen molar-refractivity contribution in [1.29, 1.82) is 0 Å². The van der Waals surface area contributed by atoms with Crippen molar-refractivity contribution in [2.24, 2.45) is 0 Å². The maximum absolute atomic E-state index is 12.5. The Labute approximate surface area is 187 Å². The molecule has 31 heavy (non-hydrogen) atoms. The number of hydrogen-bond donors (Lipinski definition) is 2. The van der Waals surface area contributed by atoms with E-state index in [-0.39, 0.29) is 18.4 Å². The summed E-state index contributed by atoms with van der Waals surface area (Å²) in [4.78, 5) is 24.4. The molecule has 0 aliphatic carbocycles. The van der Waals surface area contributed by atoms with Crippen molar-refractivity contribution in [2.75, 3.05) is 17.2 Å². The predicted octanol–water partition coefficient (Wildman–Crippen LogP) is 5.95. The van der Waals surface area contributed by atoms with Crippen molar-refractivity contribution in [3.8, 4) is 5.75 Å². The lowest BCUT2D eigenvalue weighted by atomic mass is 10.1. The molecule has 0 aliphatic rings. The van der Waals surface area contributed by atoms with E-state index in [9.17, 15) is 9.59 Å². The Morgan fingerprint density at radius 2 is 1.45 bits per heavy atom. The van der Waals surface area contributed by atoms with Gasteiger partial charge in [0, 0.05) is 22.0 Å². The van der Waals surface area contributed by atoms with Gasteiger partial charge in [0.05, 0.1) is 0 Å². The van der Waals surface area contributed by atoms with Gasteiger partial charge in [-0.2, -0.15) is 0 Å². The summed E-state index contributed by atoms with van der Waals surface area (Å²) in [6, 6.07) is 21.4. The maximum atomic E-state index is 12.5. The summed E-state index contributed by atoms with van der Waals surface area (Å²) in [6.07, 6.45) is 3.36. The Balaban J connectivity index is 1.48. The highest BCUT2D eigenvalue weighted by Gasteiger charge is 2.08. The minimum absolute atomic E-state index is 0.140. The molecule has 5 nitrogen and oxygen atoms in total. The number of unbranched alkanes of at least 4 members (excludes halogenated alkanes) is 1. The van der Waals surface area contributed by atoms with E-state index in [4.69, 9.17) is 16.3 Å². The molecule has 0 spiro atoms. The second-order valence-corrected chi connectivity index (χ2v) is 7.56. The van der Waals surface area contributed by atoms with Gasteiger partial charge in [0.2, 0.25) is 0 Å². The van der Waals surface area contributed by atoms with E-state index in [0.717, 1.165) is 24.9 Å². The quantitative estimate of drug-likeness (QED) is 0.435. The van der Waals surface area contributed by atoms with Gasteiger partial charge >= 0.3 is 0 Å². The Morgan fingerprint density at radius 1 is 0.839 bits per heavy atom. The van der Waals surface area contributed by atoms with E-state index in [2.05, 4.69) is 17.6 Å². The van der Waals surface area contributed by atoms with Crippen LogP contribution in [0, 0.1) is 0 Å². The third-order valence-electron chi connectivity index (χ3n) is 4.65. The first-order valence-electron chi connectivity index (χ1n) is 10.2. The highest BCUT2D eigenvalue weighted by molar-refractivity contribution is 6.30. The molecule has 0 fully saturated rings. The minimum Gasteiger partial charge on any atom is -0.484 e. The van der Waals surface area contributed by atoms with E-state index in [1.54, 1.807) is 48.5 Å². The van der Waals surface area contributed by atoms with Gasteiger partial charge in [0.25, 0.3) is 11.8 Å². The molecule has 3 aromatic carbocycles. The number of amides is 2. The van der Waals surface area contributed by atoms with E-state index < -0.39 is 0 Å². The zero-order chi connectivity index (χ0) is 22.1. The number of anilines is 2. The van der Waals surface area contributed by atoms with Crippen molar-refractivity contribution in [1.82, 2.24) is 0 Å². The van der Waals surface area contributed by atoms with Crippen molar-refractivity contribution < 1.29 is 14.3 Å². The molecule has 2 amide bonds. The first kappa shape index (κ1) is 22.4. The molecule has 0 aliphatic heterocycles. The molecule has 0 atom stereocenters. The van der Waals surface area contributed by atoms with Crippen molar-refractivity contribution in [3.63, 3.8) is 0 Å². The predicted molar refractivity (Wildman–Crippen MR) is 125 cm³/mol. The molecule has 0 bridgehead atoms. The standard InChI is InChI=1S/C25H25ClN2O3/c1-2-3-4-18-5-11-22(12-6-18)28-25(30)19-7-15-23(16-8-19)31-17-24(29)27-21-13-9-20(26)10-14-21/h5-16H,2-4,17H2,1H3,(H,27,29)(H,28,30). The van der Waals surface area contributed by atoms with Crippen LogP contribution in [0.15, 0.2) is 72.8 Å². The highest BCUT2D eigenvalue weighted by atomic mass is 35.5. The lowest BCUT2D eigenvalue weighted by Gasteiger charge is -2.09. The number of benzene rings is 3. The van der Waals surface area contributed by atoms with E-state index >= 15 is 0 Å². The molecule has 6 heteroatoms. The van der Waals surface area contributed by atoms with Crippen LogP contribution in [0.2, 0.25) is 5.02 Å². The number of nitrogens with one attached hydrogen (secondary N) is 2. The van der Waals surface area contributed by atoms with Crippen molar-refractivity contribution in [3.05, 3.63) is 88.9 Å². The fourth-order valence-corrected chi connectivity index (χ4v) is 3.05. The topological polar surface area (TPSA) is 67.4 Å². The molecule has 0 radical (unpaired) electrons. The van der Waals surface area contributed by atoms with E-state index in [1.165, 1.54) is 5.56 Å². The number of aryl methyl sites for hydroxylation is 1. The van der Waals surface area contributed by atoms with Crippen molar-refractivity contribution in [2.45, 2.75) is 26.2 Å². The second-order valence-electron chi connectivity index (χ2n) is 7.12. The number of ether oxygens (including phenoxy) is 1. The Bertz CT molecular complexity index is 1000. The SMILES string of the molecule is CCCCc1ccc(NC(=O)c2ccc(OCC(=O)Nc3ccc(Cl)cc3)cc2)cc1. The summed E-state index contributed by atoms with van der Waals surface area (Å²) in [5.41, 5.74) is 3.17. The zero-order valence-electron chi connectivity index (χ0n) is 17.4. The van der Waals surface area contributed by atoms with Crippen LogP contribution < -0.4 is 15.4 Å². The number of carbonyl (C=O) groups excluding carboxylic acids is 2. The van der Waals surface area contributed by atoms with Crippen LogP contribution in [-0.4, -0.2) is 18.4 Å². The average molecular weight is 437 g/mol. The number of hydrogen-bond acceptors (Lipinski definition) is 3. The van der Waals surface area contributed by atoms with Gasteiger partial charge in [-0.15, -0.1) is 0 Å². The third-order valence-corrected chi connectivity index (χ3v) is 4.90. The molecule has 0 saturated heterocycles. The van der Waals surface area contributed by atoms with Gasteiger partial charge in [-0.1, -0.05) is 37.1 Å². The van der Waals surface area contributed by atoms with Crippen LogP contribution in [0.3, 0.4) is 0 Å². The Kier molecular flexibility index (Phi) is 8.07. The second kappa shape index (κ2) is 11.2. The summed E-state index contributed by atoms with van der Waals surface area (Å²) in [6.45, 7) is 2.03. The zero-order valence-corrected chi connectivity index (χ0v) is 18.1. The van der Waals surface area contributed by atoms with E-state index in [0.29, 0.717) is 22.0 Å². The van der Waals surface area contributed by atoms with Gasteiger partial charge in [0.15, 0.2) is 6.61 Å². The van der Waals surface area contributed by atoms with Crippen LogP contribution in [-0.2, 0) is 11.2 Å². The van der Waals surface area contributed by atoms with Gasteiger partial charge in [-0.05, 0) is 79.1 Å². The Morgan fingerprint density at radius 3 is 2.10 bits per heavy atom. The van der Waals surface area contributed by atoms with Crippen LogP contribution in [0.4, 0.5) is 11.4 Å². The molecular formula is C25H25ClN2O3. The maximum Gasteiger partial charge on any atom is 0.262 e. The molecule has 160 valence electrons. The first-order chi connectivity index (χ1) is 15.0. The first-order valence-corrected chi connectivity index (χ1v) is 10.6. The summed E-state index contributed by atoms with van der Waals surface area (Å²) in [5.74, 6) is 0.0166. The minimum atomic E-state index is -0.286. The van der Waals surface area contributed by atoms with E-state index in [1.807, 2.05) is 24.3 Å². The smallest absolute Gasteiger partial charge is 0.262 e. The average Bonchev–Trinajstić information content (AvgIpc) is 2.79. The van der Waals surface area contributed by atoms with Crippen LogP contribution in [0.1, 0.15) is 35.7 Å². The molecule has 3 aromatic rings. The normalized spacial score (nSPS) is 10.4. The fourth-order valence-electron chi connectivity index (χ4n) is 2.92. The van der Waals surface area contributed by atoms with Gasteiger partial charge < -0.3 is 15.4 Å². The number of halogens is 1. The Hall–Kier alpha value is -3.31. The molecule has 0 saturated carbocycles.